The van der Waals surface area contributed by atoms with Crippen molar-refractivity contribution in [2.24, 2.45) is 11.8 Å². The zero-order valence-electron chi connectivity index (χ0n) is 13.8. The normalized spacial score (nSPS) is 13.9. The first-order valence-electron chi connectivity index (χ1n) is 7.47. The molecule has 2 atom stereocenters. The number of hydrogen-bond donors (Lipinski definition) is 0. The molecule has 0 heterocycles. The number of carbonyl (C=O) groups is 2. The Morgan fingerprint density at radius 1 is 1.19 bits per heavy atom. The molecule has 0 amide bonds. The Balaban J connectivity index is 4.55. The SMILES string of the molecule is CCC(C)CCOC(=O)C(CCC#N)C(=O)OC(C)(C)C. The van der Waals surface area contributed by atoms with E-state index in [0.29, 0.717) is 12.5 Å². The summed E-state index contributed by atoms with van der Waals surface area (Å²) in [4.78, 5) is 24.0. The summed E-state index contributed by atoms with van der Waals surface area (Å²) >= 11 is 0. The number of hydrogen-bond acceptors (Lipinski definition) is 5. The molecule has 0 N–H and O–H groups in total. The van der Waals surface area contributed by atoms with Gasteiger partial charge in [-0.2, -0.15) is 5.26 Å². The van der Waals surface area contributed by atoms with E-state index in [1.807, 2.05) is 6.07 Å². The highest BCUT2D eigenvalue weighted by Crippen LogP contribution is 2.17. The maximum Gasteiger partial charge on any atom is 0.320 e. The van der Waals surface area contributed by atoms with Crippen LogP contribution in [-0.2, 0) is 19.1 Å². The van der Waals surface area contributed by atoms with Gasteiger partial charge >= 0.3 is 11.9 Å². The molecule has 0 aliphatic heterocycles. The summed E-state index contributed by atoms with van der Waals surface area (Å²) < 4.78 is 10.4. The second-order valence-corrected chi connectivity index (χ2v) is 6.25. The van der Waals surface area contributed by atoms with Crippen LogP contribution in [0.3, 0.4) is 0 Å². The van der Waals surface area contributed by atoms with Crippen LogP contribution in [0.1, 0.15) is 60.3 Å². The first-order chi connectivity index (χ1) is 9.71. The van der Waals surface area contributed by atoms with Gasteiger partial charge in [0.05, 0.1) is 12.7 Å². The summed E-state index contributed by atoms with van der Waals surface area (Å²) in [5, 5.41) is 8.64. The van der Waals surface area contributed by atoms with E-state index in [0.717, 1.165) is 12.8 Å². The third kappa shape index (κ3) is 9.06. The first kappa shape index (κ1) is 19.4. The summed E-state index contributed by atoms with van der Waals surface area (Å²) in [5.74, 6) is -1.76. The molecule has 0 fully saturated rings. The van der Waals surface area contributed by atoms with E-state index in [2.05, 4.69) is 13.8 Å². The van der Waals surface area contributed by atoms with E-state index in [1.54, 1.807) is 20.8 Å². The Bertz CT molecular complexity index is 379. The van der Waals surface area contributed by atoms with Crippen LogP contribution >= 0.6 is 0 Å². The average molecular weight is 297 g/mol. The second-order valence-electron chi connectivity index (χ2n) is 6.25. The monoisotopic (exact) mass is 297 g/mol. The van der Waals surface area contributed by atoms with Crippen molar-refractivity contribution in [3.05, 3.63) is 0 Å². The molecule has 0 bridgehead atoms. The van der Waals surface area contributed by atoms with Gasteiger partial charge in [-0.25, -0.2) is 0 Å². The Labute approximate surface area is 127 Å². The lowest BCUT2D eigenvalue weighted by Crippen LogP contribution is -2.34. The lowest BCUT2D eigenvalue weighted by molar-refractivity contribution is -0.169. The van der Waals surface area contributed by atoms with Crippen LogP contribution in [0.4, 0.5) is 0 Å². The average Bonchev–Trinajstić information content (AvgIpc) is 2.36. The molecule has 0 aromatic heterocycles. The third-order valence-electron chi connectivity index (χ3n) is 3.07. The van der Waals surface area contributed by atoms with Crippen LogP contribution in [-0.4, -0.2) is 24.1 Å². The molecule has 0 radical (unpaired) electrons. The van der Waals surface area contributed by atoms with Crippen molar-refractivity contribution < 1.29 is 19.1 Å². The molecule has 0 aliphatic rings. The fraction of sp³-hybridized carbons (Fsp3) is 0.812. The van der Waals surface area contributed by atoms with Gasteiger partial charge in [-0.1, -0.05) is 20.3 Å². The van der Waals surface area contributed by atoms with Gasteiger partial charge in [0.1, 0.15) is 5.60 Å². The molecule has 5 nitrogen and oxygen atoms in total. The van der Waals surface area contributed by atoms with Crippen LogP contribution in [0.2, 0.25) is 0 Å². The molecule has 0 spiro atoms. The highest BCUT2D eigenvalue weighted by atomic mass is 16.6. The minimum atomic E-state index is -1.01. The number of rotatable bonds is 8. The van der Waals surface area contributed by atoms with Crippen molar-refractivity contribution in [3.63, 3.8) is 0 Å². The topological polar surface area (TPSA) is 76.4 Å². The molecule has 5 heteroatoms. The third-order valence-corrected chi connectivity index (χ3v) is 3.07. The molecule has 120 valence electrons. The van der Waals surface area contributed by atoms with Crippen molar-refractivity contribution in [2.45, 2.75) is 65.9 Å². The zero-order valence-corrected chi connectivity index (χ0v) is 13.8. The molecule has 21 heavy (non-hydrogen) atoms. The predicted octanol–water partition coefficient (Wildman–Crippen LogP) is 3.23. The molecule has 0 saturated carbocycles. The molecule has 0 aliphatic carbocycles. The van der Waals surface area contributed by atoms with Crippen molar-refractivity contribution in [2.75, 3.05) is 6.61 Å². The molecular formula is C16H27NO4. The smallest absolute Gasteiger partial charge is 0.320 e. The van der Waals surface area contributed by atoms with Gasteiger partial charge in [0, 0.05) is 6.42 Å². The lowest BCUT2D eigenvalue weighted by atomic mass is 10.0. The molecular weight excluding hydrogens is 270 g/mol. The van der Waals surface area contributed by atoms with Crippen molar-refractivity contribution in [1.29, 1.82) is 5.26 Å². The number of carbonyl (C=O) groups excluding carboxylic acids is 2. The summed E-state index contributed by atoms with van der Waals surface area (Å²) in [6.45, 7) is 9.65. The second kappa shape index (κ2) is 9.38. The Hall–Kier alpha value is -1.57. The summed E-state index contributed by atoms with van der Waals surface area (Å²) in [7, 11) is 0. The van der Waals surface area contributed by atoms with Gasteiger partial charge in [-0.15, -0.1) is 0 Å². The van der Waals surface area contributed by atoms with E-state index in [4.69, 9.17) is 14.7 Å². The van der Waals surface area contributed by atoms with Crippen molar-refractivity contribution in [1.82, 2.24) is 0 Å². The fourth-order valence-electron chi connectivity index (χ4n) is 1.58. The maximum absolute atomic E-state index is 12.0. The van der Waals surface area contributed by atoms with E-state index < -0.39 is 23.5 Å². The zero-order chi connectivity index (χ0) is 16.5. The van der Waals surface area contributed by atoms with Gasteiger partial charge < -0.3 is 9.47 Å². The van der Waals surface area contributed by atoms with Crippen LogP contribution in [0, 0.1) is 23.2 Å². The first-order valence-corrected chi connectivity index (χ1v) is 7.47. The lowest BCUT2D eigenvalue weighted by Gasteiger charge is -2.23. The van der Waals surface area contributed by atoms with Crippen LogP contribution < -0.4 is 0 Å². The summed E-state index contributed by atoms with van der Waals surface area (Å²) in [6, 6.07) is 1.94. The van der Waals surface area contributed by atoms with Crippen LogP contribution in [0.5, 0.6) is 0 Å². The Morgan fingerprint density at radius 3 is 2.29 bits per heavy atom. The minimum absolute atomic E-state index is 0.115. The van der Waals surface area contributed by atoms with Crippen molar-refractivity contribution >= 4 is 11.9 Å². The molecule has 0 aromatic carbocycles. The van der Waals surface area contributed by atoms with Gasteiger partial charge in [0.25, 0.3) is 0 Å². The molecule has 0 saturated heterocycles. The molecule has 0 aromatic rings. The number of nitriles is 1. The molecule has 2 unspecified atom stereocenters. The number of ether oxygens (including phenoxy) is 2. The van der Waals surface area contributed by atoms with E-state index in [-0.39, 0.29) is 12.8 Å². The highest BCUT2D eigenvalue weighted by Gasteiger charge is 2.32. The van der Waals surface area contributed by atoms with Crippen LogP contribution in [0.15, 0.2) is 0 Å². The quantitative estimate of drug-likeness (QED) is 0.508. The standard InChI is InChI=1S/C16H27NO4/c1-6-12(2)9-11-20-14(18)13(8-7-10-17)15(19)21-16(3,4)5/h12-13H,6-9,11H2,1-5H3. The number of esters is 2. The maximum atomic E-state index is 12.0. The Morgan fingerprint density at radius 2 is 1.81 bits per heavy atom. The largest absolute Gasteiger partial charge is 0.465 e. The van der Waals surface area contributed by atoms with Crippen molar-refractivity contribution in [3.8, 4) is 6.07 Å². The Kier molecular flexibility index (Phi) is 8.68. The van der Waals surface area contributed by atoms with E-state index >= 15 is 0 Å². The summed E-state index contributed by atoms with van der Waals surface area (Å²) in [6.07, 6.45) is 2.03. The minimum Gasteiger partial charge on any atom is -0.465 e. The van der Waals surface area contributed by atoms with Gasteiger partial charge in [-0.05, 0) is 39.5 Å². The van der Waals surface area contributed by atoms with E-state index in [9.17, 15) is 9.59 Å². The van der Waals surface area contributed by atoms with Crippen LogP contribution in [0.25, 0.3) is 0 Å². The molecule has 0 rings (SSSR count). The van der Waals surface area contributed by atoms with E-state index in [1.165, 1.54) is 0 Å². The predicted molar refractivity (Wildman–Crippen MR) is 79.2 cm³/mol. The fourth-order valence-corrected chi connectivity index (χ4v) is 1.58. The highest BCUT2D eigenvalue weighted by molar-refractivity contribution is 5.95. The summed E-state index contributed by atoms with van der Waals surface area (Å²) in [5.41, 5.74) is -0.668. The number of nitrogens with zero attached hydrogens (tertiary/aromatic N) is 1. The van der Waals surface area contributed by atoms with Gasteiger partial charge in [-0.3, -0.25) is 9.59 Å². The van der Waals surface area contributed by atoms with Gasteiger partial charge in [0.15, 0.2) is 5.92 Å². The van der Waals surface area contributed by atoms with Gasteiger partial charge in [0.2, 0.25) is 0 Å².